The summed E-state index contributed by atoms with van der Waals surface area (Å²) in [5.41, 5.74) is 1.95. The van der Waals surface area contributed by atoms with Crippen molar-refractivity contribution in [3.63, 3.8) is 0 Å². The van der Waals surface area contributed by atoms with E-state index in [0.717, 1.165) is 10.2 Å². The van der Waals surface area contributed by atoms with Crippen molar-refractivity contribution in [2.24, 2.45) is 0 Å². The van der Waals surface area contributed by atoms with E-state index < -0.39 is 5.97 Å². The molecule has 20 heavy (non-hydrogen) atoms. The van der Waals surface area contributed by atoms with Gasteiger partial charge in [-0.15, -0.1) is 0 Å². The molecule has 0 saturated heterocycles. The number of aryl methyl sites for hydroxylation is 1. The van der Waals surface area contributed by atoms with Gasteiger partial charge in [0.15, 0.2) is 0 Å². The van der Waals surface area contributed by atoms with Crippen molar-refractivity contribution in [1.82, 2.24) is 0 Å². The lowest BCUT2D eigenvalue weighted by molar-refractivity contribution is 0.0659. The summed E-state index contributed by atoms with van der Waals surface area (Å²) in [6, 6.07) is 8.92. The molecule has 0 aliphatic heterocycles. The van der Waals surface area contributed by atoms with Crippen molar-refractivity contribution in [3.05, 3.63) is 51.4 Å². The first-order valence-electron chi connectivity index (χ1n) is 5.77. The van der Waals surface area contributed by atoms with Gasteiger partial charge in [0.25, 0.3) is 0 Å². The molecule has 6 heteroatoms. The predicted molar refractivity (Wildman–Crippen MR) is 76.6 cm³/mol. The third-order valence-electron chi connectivity index (χ3n) is 2.71. The Hall–Kier alpha value is -2.26. The second-order valence-corrected chi connectivity index (χ2v) is 5.04. The SMILES string of the molecule is Cc1cc(CNc2ccc(C#N)cc2Br)oc1C(=O)O. The number of carbonyl (C=O) groups is 1. The van der Waals surface area contributed by atoms with Crippen molar-refractivity contribution in [1.29, 1.82) is 5.26 Å². The second kappa shape index (κ2) is 5.80. The lowest BCUT2D eigenvalue weighted by Gasteiger charge is -2.06. The van der Waals surface area contributed by atoms with Gasteiger partial charge in [-0.25, -0.2) is 4.79 Å². The van der Waals surface area contributed by atoms with Gasteiger partial charge in [0.05, 0.1) is 18.2 Å². The minimum Gasteiger partial charge on any atom is -0.475 e. The molecule has 2 N–H and O–H groups in total. The summed E-state index contributed by atoms with van der Waals surface area (Å²) >= 11 is 3.37. The van der Waals surface area contributed by atoms with Gasteiger partial charge in [0.2, 0.25) is 5.76 Å². The minimum absolute atomic E-state index is 0.0410. The Labute approximate surface area is 124 Å². The fourth-order valence-corrected chi connectivity index (χ4v) is 2.28. The lowest BCUT2D eigenvalue weighted by Crippen LogP contribution is -1.99. The van der Waals surface area contributed by atoms with Crippen LogP contribution in [0.4, 0.5) is 5.69 Å². The smallest absolute Gasteiger partial charge is 0.372 e. The molecule has 2 aromatic rings. The fourth-order valence-electron chi connectivity index (χ4n) is 1.76. The van der Waals surface area contributed by atoms with Crippen LogP contribution in [0.15, 0.2) is 33.2 Å². The molecule has 1 aromatic carbocycles. The number of anilines is 1. The first-order chi connectivity index (χ1) is 9.51. The Kier molecular flexibility index (Phi) is 4.11. The summed E-state index contributed by atoms with van der Waals surface area (Å²) in [6.45, 7) is 2.05. The zero-order valence-corrected chi connectivity index (χ0v) is 12.2. The van der Waals surface area contributed by atoms with Crippen LogP contribution in [0.2, 0.25) is 0 Å². The third kappa shape index (κ3) is 3.00. The standard InChI is InChI=1S/C14H11BrN2O3/c1-8-4-10(20-13(8)14(18)19)7-17-12-3-2-9(6-16)5-11(12)15/h2-5,17H,7H2,1H3,(H,18,19). The van der Waals surface area contributed by atoms with Crippen LogP contribution in [0.1, 0.15) is 27.4 Å². The van der Waals surface area contributed by atoms with Crippen LogP contribution in [0.25, 0.3) is 0 Å². The molecular weight excluding hydrogens is 324 g/mol. The number of nitrogens with zero attached hydrogens (tertiary/aromatic N) is 1. The van der Waals surface area contributed by atoms with Crippen molar-refractivity contribution < 1.29 is 14.3 Å². The zero-order valence-electron chi connectivity index (χ0n) is 10.6. The summed E-state index contributed by atoms with van der Waals surface area (Å²) in [5.74, 6) is -0.579. The van der Waals surface area contributed by atoms with Gasteiger partial charge in [0.1, 0.15) is 5.76 Å². The molecule has 1 heterocycles. The molecule has 102 valence electrons. The average Bonchev–Trinajstić information content (AvgIpc) is 2.78. The van der Waals surface area contributed by atoms with E-state index in [-0.39, 0.29) is 5.76 Å². The van der Waals surface area contributed by atoms with Gasteiger partial charge in [-0.1, -0.05) is 0 Å². The van der Waals surface area contributed by atoms with E-state index >= 15 is 0 Å². The Morgan fingerprint density at radius 2 is 2.25 bits per heavy atom. The van der Waals surface area contributed by atoms with E-state index in [1.807, 2.05) is 0 Å². The summed E-state index contributed by atoms with van der Waals surface area (Å²) in [6.07, 6.45) is 0. The largest absolute Gasteiger partial charge is 0.475 e. The van der Waals surface area contributed by atoms with Gasteiger partial charge in [-0.3, -0.25) is 0 Å². The number of halogens is 1. The number of benzene rings is 1. The Morgan fingerprint density at radius 3 is 2.80 bits per heavy atom. The molecule has 0 saturated carbocycles. The van der Waals surface area contributed by atoms with Crippen molar-refractivity contribution in [2.75, 3.05) is 5.32 Å². The molecule has 5 nitrogen and oxygen atoms in total. The van der Waals surface area contributed by atoms with Gasteiger partial charge in [-0.05, 0) is 47.1 Å². The highest BCUT2D eigenvalue weighted by molar-refractivity contribution is 9.10. The summed E-state index contributed by atoms with van der Waals surface area (Å²) in [4.78, 5) is 10.9. The van der Waals surface area contributed by atoms with Gasteiger partial charge in [0, 0.05) is 15.7 Å². The molecule has 0 aliphatic rings. The Bertz CT molecular complexity index is 701. The number of furan rings is 1. The van der Waals surface area contributed by atoms with Crippen molar-refractivity contribution in [3.8, 4) is 6.07 Å². The number of nitriles is 1. The maximum Gasteiger partial charge on any atom is 0.372 e. The summed E-state index contributed by atoms with van der Waals surface area (Å²) in [5, 5.41) is 20.8. The van der Waals surface area contributed by atoms with Crippen LogP contribution in [-0.4, -0.2) is 11.1 Å². The normalized spacial score (nSPS) is 10.1. The molecule has 0 radical (unpaired) electrons. The van der Waals surface area contributed by atoms with Gasteiger partial charge >= 0.3 is 5.97 Å². The minimum atomic E-state index is -1.08. The van der Waals surface area contributed by atoms with E-state index in [2.05, 4.69) is 27.3 Å². The molecule has 0 bridgehead atoms. The van der Waals surface area contributed by atoms with E-state index in [1.165, 1.54) is 0 Å². The highest BCUT2D eigenvalue weighted by atomic mass is 79.9. The lowest BCUT2D eigenvalue weighted by atomic mass is 10.2. The molecule has 0 aliphatic carbocycles. The highest BCUT2D eigenvalue weighted by Crippen LogP contribution is 2.24. The molecule has 0 atom stereocenters. The maximum atomic E-state index is 10.9. The predicted octanol–water partition coefficient (Wildman–Crippen LogP) is 3.53. The van der Waals surface area contributed by atoms with Gasteiger partial charge < -0.3 is 14.8 Å². The van der Waals surface area contributed by atoms with Crippen LogP contribution in [0, 0.1) is 18.3 Å². The molecule has 0 amide bonds. The second-order valence-electron chi connectivity index (χ2n) is 4.19. The first kappa shape index (κ1) is 14.2. The topological polar surface area (TPSA) is 86.3 Å². The van der Waals surface area contributed by atoms with Gasteiger partial charge in [-0.2, -0.15) is 5.26 Å². The average molecular weight is 335 g/mol. The number of hydrogen-bond acceptors (Lipinski definition) is 4. The fraction of sp³-hybridized carbons (Fsp3) is 0.143. The number of aromatic carboxylic acids is 1. The number of hydrogen-bond donors (Lipinski definition) is 2. The van der Waals surface area contributed by atoms with E-state index in [0.29, 0.717) is 23.4 Å². The molecule has 0 unspecified atom stereocenters. The Morgan fingerprint density at radius 1 is 1.50 bits per heavy atom. The number of carboxylic acids is 1. The van der Waals surface area contributed by atoms with Crippen LogP contribution >= 0.6 is 15.9 Å². The molecule has 0 spiro atoms. The van der Waals surface area contributed by atoms with E-state index in [4.69, 9.17) is 14.8 Å². The molecular formula is C14H11BrN2O3. The Balaban J connectivity index is 2.11. The van der Waals surface area contributed by atoms with Crippen molar-refractivity contribution >= 4 is 27.6 Å². The van der Waals surface area contributed by atoms with Crippen LogP contribution < -0.4 is 5.32 Å². The summed E-state index contributed by atoms with van der Waals surface area (Å²) < 4.78 is 6.01. The van der Waals surface area contributed by atoms with Crippen molar-refractivity contribution in [2.45, 2.75) is 13.5 Å². The monoisotopic (exact) mass is 334 g/mol. The number of nitrogens with one attached hydrogen (secondary N) is 1. The molecule has 1 aromatic heterocycles. The zero-order chi connectivity index (χ0) is 14.7. The number of rotatable bonds is 4. The summed E-state index contributed by atoms with van der Waals surface area (Å²) in [7, 11) is 0. The van der Waals surface area contributed by atoms with Crippen LogP contribution in [0.3, 0.4) is 0 Å². The molecule has 0 fully saturated rings. The first-order valence-corrected chi connectivity index (χ1v) is 6.56. The maximum absolute atomic E-state index is 10.9. The third-order valence-corrected chi connectivity index (χ3v) is 3.37. The van der Waals surface area contributed by atoms with Crippen LogP contribution in [0.5, 0.6) is 0 Å². The van der Waals surface area contributed by atoms with E-state index in [1.54, 1.807) is 31.2 Å². The van der Waals surface area contributed by atoms with Crippen LogP contribution in [-0.2, 0) is 6.54 Å². The van der Waals surface area contributed by atoms with E-state index in [9.17, 15) is 4.79 Å². The quantitative estimate of drug-likeness (QED) is 0.893. The molecule has 2 rings (SSSR count). The highest BCUT2D eigenvalue weighted by Gasteiger charge is 2.14. The number of carboxylic acid groups (broad SMARTS) is 1.